The summed E-state index contributed by atoms with van der Waals surface area (Å²) >= 11 is 6.14. The number of nitrogens with zero attached hydrogens (tertiary/aromatic N) is 4. The molecule has 1 fully saturated rings. The van der Waals surface area contributed by atoms with Crippen molar-refractivity contribution in [3.8, 4) is 11.4 Å². The second kappa shape index (κ2) is 9.28. The summed E-state index contributed by atoms with van der Waals surface area (Å²) in [5, 5.41) is 12.9. The minimum atomic E-state index is -0.806. The van der Waals surface area contributed by atoms with Crippen molar-refractivity contribution in [1.82, 2.24) is 24.7 Å². The lowest BCUT2D eigenvalue weighted by molar-refractivity contribution is -0.146. The SMILES string of the molecule is CN1CCCn2c(-c3cc(Cl)ccc3F)nc(C(=O)N[C@H](C(=O)N3CC(O)C3)C(C)(C)C)c2C1. The topological polar surface area (TPSA) is 90.7 Å². The third-order valence-electron chi connectivity index (χ3n) is 6.36. The van der Waals surface area contributed by atoms with E-state index in [0.29, 0.717) is 29.6 Å². The van der Waals surface area contributed by atoms with Crippen molar-refractivity contribution in [1.29, 1.82) is 0 Å². The van der Waals surface area contributed by atoms with Gasteiger partial charge in [0.05, 0.1) is 17.4 Å². The maximum absolute atomic E-state index is 14.8. The Bertz CT molecular complexity index is 1110. The molecule has 0 bridgehead atoms. The van der Waals surface area contributed by atoms with Crippen LogP contribution in [-0.4, -0.2) is 75.1 Å². The van der Waals surface area contributed by atoms with Crippen molar-refractivity contribution < 1.29 is 19.1 Å². The molecule has 2 N–H and O–H groups in total. The van der Waals surface area contributed by atoms with Gasteiger partial charge in [-0.1, -0.05) is 32.4 Å². The molecule has 2 aromatic rings. The van der Waals surface area contributed by atoms with Crippen LogP contribution in [0.4, 0.5) is 4.39 Å². The largest absolute Gasteiger partial charge is 0.389 e. The van der Waals surface area contributed by atoms with E-state index in [0.717, 1.165) is 13.0 Å². The van der Waals surface area contributed by atoms with Crippen LogP contribution >= 0.6 is 11.6 Å². The van der Waals surface area contributed by atoms with E-state index >= 15 is 0 Å². The third-order valence-corrected chi connectivity index (χ3v) is 6.60. The number of hydrogen-bond donors (Lipinski definition) is 2. The highest BCUT2D eigenvalue weighted by molar-refractivity contribution is 6.30. The number of hydrogen-bond acceptors (Lipinski definition) is 5. The van der Waals surface area contributed by atoms with Crippen LogP contribution in [0.2, 0.25) is 5.02 Å². The number of nitrogens with one attached hydrogen (secondary N) is 1. The average molecular weight is 492 g/mol. The number of likely N-dealkylation sites (tertiary alicyclic amines) is 1. The molecule has 0 saturated carbocycles. The van der Waals surface area contributed by atoms with Crippen LogP contribution in [-0.2, 0) is 17.9 Å². The Morgan fingerprint density at radius 2 is 1.97 bits per heavy atom. The quantitative estimate of drug-likeness (QED) is 0.686. The minimum Gasteiger partial charge on any atom is -0.389 e. The van der Waals surface area contributed by atoms with Gasteiger partial charge in [0, 0.05) is 31.2 Å². The van der Waals surface area contributed by atoms with Crippen LogP contribution in [0.25, 0.3) is 11.4 Å². The number of carbonyl (C=O) groups excluding carboxylic acids is 2. The van der Waals surface area contributed by atoms with Gasteiger partial charge in [-0.15, -0.1) is 0 Å². The number of amides is 2. The van der Waals surface area contributed by atoms with Crippen LogP contribution in [0.3, 0.4) is 0 Å². The molecule has 1 atom stereocenters. The number of fused-ring (bicyclic) bond motifs is 1. The van der Waals surface area contributed by atoms with E-state index in [2.05, 4.69) is 15.2 Å². The summed E-state index contributed by atoms with van der Waals surface area (Å²) in [6, 6.07) is 3.47. The fourth-order valence-electron chi connectivity index (χ4n) is 4.44. The van der Waals surface area contributed by atoms with Gasteiger partial charge in [0.1, 0.15) is 17.7 Å². The van der Waals surface area contributed by atoms with E-state index in [1.807, 2.05) is 32.4 Å². The van der Waals surface area contributed by atoms with E-state index in [-0.39, 0.29) is 30.3 Å². The molecule has 34 heavy (non-hydrogen) atoms. The molecule has 1 aromatic carbocycles. The maximum Gasteiger partial charge on any atom is 0.272 e. The number of rotatable bonds is 4. The summed E-state index contributed by atoms with van der Waals surface area (Å²) in [5.41, 5.74) is 0.512. The van der Waals surface area contributed by atoms with Crippen molar-refractivity contribution in [2.45, 2.75) is 52.4 Å². The molecule has 1 saturated heterocycles. The van der Waals surface area contributed by atoms with Crippen molar-refractivity contribution in [3.05, 3.63) is 40.4 Å². The standard InChI is InChI=1S/C24H31ClFN5O3/c1-24(2,3)20(23(34)30-11-15(32)12-30)28-22(33)19-18-13-29(4)8-5-9-31(18)21(27-19)16-10-14(25)6-7-17(16)26/h6-7,10,15,20,32H,5,8-9,11-13H2,1-4H3,(H,28,33)/t20-/m1/s1. The van der Waals surface area contributed by atoms with Gasteiger partial charge in [-0.25, -0.2) is 9.37 Å². The molecule has 10 heteroatoms. The lowest BCUT2D eigenvalue weighted by Gasteiger charge is -2.41. The van der Waals surface area contributed by atoms with Crippen LogP contribution in [0, 0.1) is 11.2 Å². The van der Waals surface area contributed by atoms with Gasteiger partial charge >= 0.3 is 0 Å². The van der Waals surface area contributed by atoms with Gasteiger partial charge in [0.2, 0.25) is 5.91 Å². The fraction of sp³-hybridized carbons (Fsp3) is 0.542. The summed E-state index contributed by atoms with van der Waals surface area (Å²) in [5.74, 6) is -0.849. The Hall–Kier alpha value is -2.49. The predicted octanol–water partition coefficient (Wildman–Crippen LogP) is 2.53. The van der Waals surface area contributed by atoms with E-state index < -0.39 is 29.3 Å². The molecule has 4 rings (SSSR count). The zero-order valence-corrected chi connectivity index (χ0v) is 20.7. The van der Waals surface area contributed by atoms with Gasteiger partial charge in [0.25, 0.3) is 5.91 Å². The molecule has 8 nitrogen and oxygen atoms in total. The number of aromatic nitrogens is 2. The number of aliphatic hydroxyl groups excluding tert-OH is 1. The summed E-state index contributed by atoms with van der Waals surface area (Å²) in [4.78, 5) is 34.8. The number of aliphatic hydroxyl groups is 1. The Morgan fingerprint density at radius 1 is 1.26 bits per heavy atom. The number of benzene rings is 1. The molecule has 1 aromatic heterocycles. The number of β-amino-alcohol motifs (C(OH)–C–C–N with tert-alkyl or cyclic N) is 1. The predicted molar refractivity (Wildman–Crippen MR) is 127 cm³/mol. The fourth-order valence-corrected chi connectivity index (χ4v) is 4.62. The first-order valence-corrected chi connectivity index (χ1v) is 11.8. The van der Waals surface area contributed by atoms with E-state index in [4.69, 9.17) is 11.6 Å². The second-order valence-electron chi connectivity index (χ2n) is 10.3. The molecule has 0 aliphatic carbocycles. The van der Waals surface area contributed by atoms with Crippen LogP contribution in [0.5, 0.6) is 0 Å². The van der Waals surface area contributed by atoms with Gasteiger partial charge < -0.3 is 24.8 Å². The molecule has 0 unspecified atom stereocenters. The Kier molecular flexibility index (Phi) is 6.72. The first kappa shape index (κ1) is 24.6. The molecule has 2 amide bonds. The maximum atomic E-state index is 14.8. The van der Waals surface area contributed by atoms with Crippen LogP contribution in [0.1, 0.15) is 43.4 Å². The highest BCUT2D eigenvalue weighted by Gasteiger charge is 2.40. The van der Waals surface area contributed by atoms with E-state index in [9.17, 15) is 19.1 Å². The molecule has 184 valence electrons. The zero-order chi connectivity index (χ0) is 24.8. The molecule has 0 radical (unpaired) electrons. The molecule has 2 aliphatic rings. The normalized spacial score (nSPS) is 18.1. The highest BCUT2D eigenvalue weighted by atomic mass is 35.5. The Morgan fingerprint density at radius 3 is 2.62 bits per heavy atom. The first-order chi connectivity index (χ1) is 16.0. The monoisotopic (exact) mass is 491 g/mol. The van der Waals surface area contributed by atoms with Crippen LogP contribution < -0.4 is 5.32 Å². The van der Waals surface area contributed by atoms with E-state index in [1.54, 1.807) is 0 Å². The van der Waals surface area contributed by atoms with Crippen molar-refractivity contribution in [2.75, 3.05) is 26.7 Å². The van der Waals surface area contributed by atoms with Gasteiger partial charge in [-0.2, -0.15) is 0 Å². The van der Waals surface area contributed by atoms with Crippen LogP contribution in [0.15, 0.2) is 18.2 Å². The van der Waals surface area contributed by atoms with Gasteiger partial charge in [-0.3, -0.25) is 9.59 Å². The van der Waals surface area contributed by atoms with Crippen molar-refractivity contribution in [3.63, 3.8) is 0 Å². The molecule has 0 spiro atoms. The molecule has 2 aliphatic heterocycles. The lowest BCUT2D eigenvalue weighted by atomic mass is 9.85. The first-order valence-electron chi connectivity index (χ1n) is 11.5. The minimum absolute atomic E-state index is 0.175. The highest BCUT2D eigenvalue weighted by Crippen LogP contribution is 2.30. The summed E-state index contributed by atoms with van der Waals surface area (Å²) in [7, 11) is 1.96. The summed E-state index contributed by atoms with van der Waals surface area (Å²) < 4.78 is 16.6. The lowest BCUT2D eigenvalue weighted by Crippen LogP contribution is -2.62. The van der Waals surface area contributed by atoms with Gasteiger partial charge in [-0.05, 0) is 43.6 Å². The smallest absolute Gasteiger partial charge is 0.272 e. The second-order valence-corrected chi connectivity index (χ2v) is 10.7. The molecular formula is C24H31ClFN5O3. The van der Waals surface area contributed by atoms with E-state index in [1.165, 1.54) is 23.1 Å². The van der Waals surface area contributed by atoms with Crippen molar-refractivity contribution in [2.24, 2.45) is 5.41 Å². The average Bonchev–Trinajstić information content (AvgIpc) is 2.96. The molecule has 3 heterocycles. The third kappa shape index (κ3) is 4.82. The number of halogens is 2. The molecular weight excluding hydrogens is 461 g/mol. The summed E-state index contributed by atoms with van der Waals surface area (Å²) in [6.45, 7) is 7.99. The number of imidazole rings is 1. The Labute approximate surface area is 203 Å². The van der Waals surface area contributed by atoms with Crippen molar-refractivity contribution >= 4 is 23.4 Å². The zero-order valence-electron chi connectivity index (χ0n) is 19.9. The summed E-state index contributed by atoms with van der Waals surface area (Å²) in [6.07, 6.45) is 0.283. The van der Waals surface area contributed by atoms with Gasteiger partial charge in [0.15, 0.2) is 5.69 Å². The number of carbonyl (C=O) groups is 2. The Balaban J connectivity index is 1.73.